The van der Waals surface area contributed by atoms with Gasteiger partial charge in [-0.3, -0.25) is 5.01 Å². The lowest BCUT2D eigenvalue weighted by Gasteiger charge is -2.47. The van der Waals surface area contributed by atoms with Crippen molar-refractivity contribution in [3.05, 3.63) is 77.4 Å². The average molecular weight is 444 g/mol. The Balaban J connectivity index is 0.00000114. The Hall–Kier alpha value is -3.06. The molecular formula is C25H31F2N3O2. The van der Waals surface area contributed by atoms with E-state index in [4.69, 9.17) is 20.4 Å². The smallest absolute Gasteiger partial charge is 0.126 e. The quantitative estimate of drug-likeness (QED) is 0.305. The molecule has 1 aliphatic rings. The summed E-state index contributed by atoms with van der Waals surface area (Å²) in [5.41, 5.74) is 7.23. The summed E-state index contributed by atoms with van der Waals surface area (Å²) in [6.45, 7) is 6.18. The SMILES string of the molecule is C/C=C/C1(N(C)/N=C(\C)c2cc(F)cc(F)c2)c2ccccc2OC[C@@H]1CCN.CC=O. The molecule has 1 unspecified atom stereocenters. The second-order valence-electron chi connectivity index (χ2n) is 7.51. The normalized spacial score (nSPS) is 20.1. The van der Waals surface area contributed by atoms with Gasteiger partial charge in [0.15, 0.2) is 0 Å². The third kappa shape index (κ3) is 5.40. The average Bonchev–Trinajstić information content (AvgIpc) is 2.75. The lowest BCUT2D eigenvalue weighted by molar-refractivity contribution is -0.106. The van der Waals surface area contributed by atoms with E-state index in [1.165, 1.54) is 19.1 Å². The van der Waals surface area contributed by atoms with E-state index in [9.17, 15) is 8.78 Å². The number of ether oxygens (including phenoxy) is 1. The highest BCUT2D eigenvalue weighted by Crippen LogP contribution is 2.46. The van der Waals surface area contributed by atoms with Gasteiger partial charge < -0.3 is 15.3 Å². The lowest BCUT2D eigenvalue weighted by atomic mass is 9.74. The molecule has 2 aromatic carbocycles. The van der Waals surface area contributed by atoms with E-state index in [0.29, 0.717) is 24.4 Å². The fraction of sp³-hybridized carbons (Fsp3) is 0.360. The first kappa shape index (κ1) is 25.2. The van der Waals surface area contributed by atoms with Crippen LogP contribution in [-0.2, 0) is 10.3 Å². The molecule has 0 aromatic heterocycles. The Morgan fingerprint density at radius 3 is 2.47 bits per heavy atom. The number of nitrogens with zero attached hydrogens (tertiary/aromatic N) is 2. The number of carbonyl (C=O) groups is 1. The van der Waals surface area contributed by atoms with Gasteiger partial charge in [-0.05, 0) is 51.9 Å². The van der Waals surface area contributed by atoms with E-state index in [1.54, 1.807) is 6.92 Å². The van der Waals surface area contributed by atoms with Crippen molar-refractivity contribution in [2.45, 2.75) is 32.7 Å². The van der Waals surface area contributed by atoms with Crippen LogP contribution in [0.2, 0.25) is 0 Å². The fourth-order valence-electron chi connectivity index (χ4n) is 4.12. The maximum absolute atomic E-state index is 13.7. The summed E-state index contributed by atoms with van der Waals surface area (Å²) in [5, 5.41) is 6.61. The van der Waals surface area contributed by atoms with Crippen LogP contribution in [0, 0.1) is 17.6 Å². The molecule has 2 N–H and O–H groups in total. The van der Waals surface area contributed by atoms with Crippen molar-refractivity contribution >= 4 is 12.0 Å². The largest absolute Gasteiger partial charge is 0.493 e. The molecule has 2 atom stereocenters. The van der Waals surface area contributed by atoms with Crippen LogP contribution < -0.4 is 10.5 Å². The van der Waals surface area contributed by atoms with E-state index in [-0.39, 0.29) is 5.92 Å². The number of carbonyl (C=O) groups excluding carboxylic acids is 1. The van der Waals surface area contributed by atoms with Crippen LogP contribution in [0.4, 0.5) is 8.78 Å². The Morgan fingerprint density at radius 1 is 1.25 bits per heavy atom. The summed E-state index contributed by atoms with van der Waals surface area (Å²) in [5.74, 6) is -0.393. The van der Waals surface area contributed by atoms with Gasteiger partial charge in [-0.1, -0.05) is 30.4 Å². The second-order valence-corrected chi connectivity index (χ2v) is 7.51. The van der Waals surface area contributed by atoms with E-state index in [0.717, 1.165) is 30.1 Å². The zero-order chi connectivity index (χ0) is 23.7. The molecule has 0 saturated heterocycles. The van der Waals surface area contributed by atoms with Gasteiger partial charge in [0, 0.05) is 30.2 Å². The number of hydrogen-bond donors (Lipinski definition) is 1. The molecule has 0 radical (unpaired) electrons. The van der Waals surface area contributed by atoms with Crippen molar-refractivity contribution in [3.8, 4) is 5.75 Å². The van der Waals surface area contributed by atoms with E-state index >= 15 is 0 Å². The number of fused-ring (bicyclic) bond motifs is 1. The van der Waals surface area contributed by atoms with Crippen molar-refractivity contribution in [3.63, 3.8) is 0 Å². The summed E-state index contributed by atoms with van der Waals surface area (Å²) >= 11 is 0. The number of halogens is 2. The Morgan fingerprint density at radius 2 is 1.88 bits per heavy atom. The molecule has 172 valence electrons. The van der Waals surface area contributed by atoms with Crippen molar-refractivity contribution in [2.75, 3.05) is 20.2 Å². The van der Waals surface area contributed by atoms with Gasteiger partial charge in [0.25, 0.3) is 0 Å². The predicted molar refractivity (Wildman–Crippen MR) is 124 cm³/mol. The molecule has 7 heteroatoms. The number of hydrazone groups is 1. The fourth-order valence-corrected chi connectivity index (χ4v) is 4.12. The first-order valence-electron chi connectivity index (χ1n) is 10.6. The third-order valence-corrected chi connectivity index (χ3v) is 5.43. The zero-order valence-electron chi connectivity index (χ0n) is 19.0. The Labute approximate surface area is 188 Å². The number of para-hydroxylation sites is 1. The van der Waals surface area contributed by atoms with Gasteiger partial charge in [0.05, 0.1) is 12.3 Å². The third-order valence-electron chi connectivity index (χ3n) is 5.43. The summed E-state index contributed by atoms with van der Waals surface area (Å²) in [6, 6.07) is 11.3. The highest BCUT2D eigenvalue weighted by molar-refractivity contribution is 5.98. The molecule has 0 bridgehead atoms. The minimum Gasteiger partial charge on any atom is -0.493 e. The molecule has 32 heavy (non-hydrogen) atoms. The summed E-state index contributed by atoms with van der Waals surface area (Å²) in [6.07, 6.45) is 5.60. The number of hydrogen-bond acceptors (Lipinski definition) is 5. The molecule has 0 saturated carbocycles. The standard InChI is InChI=1S/C23H27F2N3O.C2H4O/c1-4-10-23(18(9-11-26)15-29-22-8-6-5-7-21(22)23)28(3)27-16(2)17-12-19(24)14-20(25)13-17;1-2-3/h4-8,10,12-14,18H,9,11,15,26H2,1-3H3;2H,1H3/b10-4+,27-16+;/t18-,23?;/m0./s1. The Kier molecular flexibility index (Phi) is 9.08. The van der Waals surface area contributed by atoms with E-state index in [2.05, 4.69) is 6.08 Å². The van der Waals surface area contributed by atoms with Crippen molar-refractivity contribution in [1.82, 2.24) is 5.01 Å². The molecular weight excluding hydrogens is 412 g/mol. The monoisotopic (exact) mass is 443 g/mol. The van der Waals surface area contributed by atoms with Gasteiger partial charge >= 0.3 is 0 Å². The van der Waals surface area contributed by atoms with E-state index in [1.807, 2.05) is 49.3 Å². The number of likely N-dealkylation sites (N-methyl/N-ethyl adjacent to an activating group) is 1. The Bertz CT molecular complexity index is 957. The van der Waals surface area contributed by atoms with Crippen LogP contribution in [-0.4, -0.2) is 37.2 Å². The summed E-state index contributed by atoms with van der Waals surface area (Å²) in [7, 11) is 1.88. The van der Waals surface area contributed by atoms with Gasteiger partial charge in [-0.15, -0.1) is 0 Å². The maximum Gasteiger partial charge on any atom is 0.126 e. The molecule has 0 aliphatic carbocycles. The number of allylic oxidation sites excluding steroid dienone is 1. The predicted octanol–water partition coefficient (Wildman–Crippen LogP) is 4.65. The molecule has 0 amide bonds. The topological polar surface area (TPSA) is 67.9 Å². The minimum atomic E-state index is -0.627. The van der Waals surface area contributed by atoms with Gasteiger partial charge in [0.1, 0.15) is 29.2 Å². The number of rotatable bonds is 6. The van der Waals surface area contributed by atoms with Gasteiger partial charge in [-0.2, -0.15) is 5.10 Å². The first-order valence-corrected chi connectivity index (χ1v) is 10.6. The molecule has 2 aromatic rings. The van der Waals surface area contributed by atoms with Crippen LogP contribution >= 0.6 is 0 Å². The molecule has 0 spiro atoms. The van der Waals surface area contributed by atoms with Crippen molar-refractivity contribution in [1.29, 1.82) is 0 Å². The van der Waals surface area contributed by atoms with Crippen LogP contribution in [0.25, 0.3) is 0 Å². The highest BCUT2D eigenvalue weighted by atomic mass is 19.1. The molecule has 1 aliphatic heterocycles. The lowest BCUT2D eigenvalue weighted by Crippen LogP contribution is -2.51. The maximum atomic E-state index is 13.7. The number of aldehydes is 1. The molecule has 1 heterocycles. The van der Waals surface area contributed by atoms with Crippen LogP contribution in [0.1, 0.15) is 38.3 Å². The van der Waals surface area contributed by atoms with E-state index < -0.39 is 17.2 Å². The van der Waals surface area contributed by atoms with Gasteiger partial charge in [0.2, 0.25) is 0 Å². The van der Waals surface area contributed by atoms with Crippen LogP contribution in [0.15, 0.2) is 59.7 Å². The number of benzene rings is 2. The number of nitrogens with two attached hydrogens (primary N) is 1. The van der Waals surface area contributed by atoms with Crippen molar-refractivity contribution < 1.29 is 18.3 Å². The first-order chi connectivity index (χ1) is 15.3. The van der Waals surface area contributed by atoms with Crippen LogP contribution in [0.3, 0.4) is 0 Å². The highest BCUT2D eigenvalue weighted by Gasteiger charge is 2.46. The molecule has 0 fully saturated rings. The molecule has 5 nitrogen and oxygen atoms in total. The minimum absolute atomic E-state index is 0.0596. The zero-order valence-corrected chi connectivity index (χ0v) is 19.0. The second kappa shape index (κ2) is 11.5. The van der Waals surface area contributed by atoms with Gasteiger partial charge in [-0.25, -0.2) is 8.78 Å². The summed E-state index contributed by atoms with van der Waals surface area (Å²) < 4.78 is 33.4. The summed E-state index contributed by atoms with van der Waals surface area (Å²) in [4.78, 5) is 8.81. The van der Waals surface area contributed by atoms with Crippen LogP contribution in [0.5, 0.6) is 5.75 Å². The molecule has 3 rings (SSSR count). The van der Waals surface area contributed by atoms with Crippen molar-refractivity contribution in [2.24, 2.45) is 16.8 Å².